The normalized spacial score (nSPS) is 14.5. The number of amides is 1. The lowest BCUT2D eigenvalue weighted by Gasteiger charge is -2.15. The monoisotopic (exact) mass is 482 g/mol. The second kappa shape index (κ2) is 9.14. The maximum absolute atomic E-state index is 13.5. The molecule has 1 fully saturated rings. The average Bonchev–Trinajstić information content (AvgIpc) is 3.48. The van der Waals surface area contributed by atoms with E-state index >= 15 is 0 Å². The van der Waals surface area contributed by atoms with Crippen LogP contribution in [0.4, 0.5) is 23.2 Å². The van der Waals surface area contributed by atoms with Gasteiger partial charge in [0.2, 0.25) is 0 Å². The number of aromatic nitrogens is 2. The molecule has 5 rings (SSSR count). The van der Waals surface area contributed by atoms with Crippen LogP contribution in [0.15, 0.2) is 67.0 Å². The van der Waals surface area contributed by atoms with E-state index in [1.807, 2.05) is 18.2 Å². The number of carbonyl (C=O) groups is 1. The Morgan fingerprint density at radius 1 is 1.03 bits per heavy atom. The number of alkyl halides is 3. The fourth-order valence-corrected chi connectivity index (χ4v) is 4.44. The van der Waals surface area contributed by atoms with Gasteiger partial charge in [0.15, 0.2) is 0 Å². The van der Waals surface area contributed by atoms with Crippen LogP contribution >= 0.6 is 0 Å². The number of likely N-dealkylation sites (tertiary alicyclic amines) is 1. The molecule has 0 atom stereocenters. The first-order valence-corrected chi connectivity index (χ1v) is 11.3. The summed E-state index contributed by atoms with van der Waals surface area (Å²) in [7, 11) is 0. The number of pyridine rings is 1. The number of nitrogens with one attached hydrogen (secondary N) is 1. The van der Waals surface area contributed by atoms with Crippen molar-refractivity contribution in [3.8, 4) is 11.3 Å². The molecule has 2 aromatic heterocycles. The third-order valence-electron chi connectivity index (χ3n) is 6.08. The van der Waals surface area contributed by atoms with Crippen LogP contribution in [-0.4, -0.2) is 33.3 Å². The lowest BCUT2D eigenvalue weighted by atomic mass is 10.0. The van der Waals surface area contributed by atoms with Crippen molar-refractivity contribution in [2.75, 3.05) is 18.4 Å². The molecule has 0 saturated carbocycles. The van der Waals surface area contributed by atoms with Gasteiger partial charge in [-0.1, -0.05) is 12.1 Å². The molecule has 1 N–H and O–H groups in total. The molecular weight excluding hydrogens is 460 g/mol. The highest BCUT2D eigenvalue weighted by molar-refractivity contribution is 6.08. The van der Waals surface area contributed by atoms with Crippen molar-refractivity contribution < 1.29 is 22.4 Å². The number of hydrogen-bond acceptors (Lipinski definition) is 3. The lowest BCUT2D eigenvalue weighted by Crippen LogP contribution is -2.18. The standard InChI is InChI=1S/C26H22F4N4O/c27-18-8-9-20(22(14-18)26(28,29)30)23-16-34-12-4-7-21(24(34)32-23)25(35)31-19-6-3-5-17(13-19)15-33-10-1-2-11-33/h3-9,12-14,16H,1-2,10-11,15H2,(H,31,35). The van der Waals surface area contributed by atoms with Crippen molar-refractivity contribution in [1.29, 1.82) is 0 Å². The molecule has 1 amide bonds. The van der Waals surface area contributed by atoms with Crippen molar-refractivity contribution in [2.45, 2.75) is 25.6 Å². The van der Waals surface area contributed by atoms with Crippen molar-refractivity contribution in [3.63, 3.8) is 0 Å². The number of fused-ring (bicyclic) bond motifs is 1. The molecule has 1 aliphatic rings. The smallest absolute Gasteiger partial charge is 0.322 e. The Morgan fingerprint density at radius 3 is 2.60 bits per heavy atom. The third kappa shape index (κ3) is 4.90. The molecule has 180 valence electrons. The second-order valence-electron chi connectivity index (χ2n) is 8.60. The molecule has 2 aromatic carbocycles. The summed E-state index contributed by atoms with van der Waals surface area (Å²) in [6, 6.07) is 13.2. The van der Waals surface area contributed by atoms with Crippen LogP contribution in [-0.2, 0) is 12.7 Å². The Labute approximate surface area is 199 Å². The maximum Gasteiger partial charge on any atom is 0.417 e. The van der Waals surface area contributed by atoms with Gasteiger partial charge in [0.05, 0.1) is 16.8 Å². The van der Waals surface area contributed by atoms with Crippen LogP contribution in [0.25, 0.3) is 16.9 Å². The average molecular weight is 482 g/mol. The van der Waals surface area contributed by atoms with E-state index in [0.29, 0.717) is 11.8 Å². The fourth-order valence-electron chi connectivity index (χ4n) is 4.44. The predicted octanol–water partition coefficient (Wildman–Crippen LogP) is 6.01. The van der Waals surface area contributed by atoms with Crippen molar-refractivity contribution >= 4 is 17.2 Å². The van der Waals surface area contributed by atoms with Gasteiger partial charge in [-0.05, 0) is 74.0 Å². The van der Waals surface area contributed by atoms with E-state index in [9.17, 15) is 22.4 Å². The Bertz CT molecular complexity index is 1390. The SMILES string of the molecule is O=C(Nc1cccc(CN2CCCC2)c1)c1cccn2cc(-c3ccc(F)cc3C(F)(F)F)nc12. The molecule has 1 aliphatic heterocycles. The number of rotatable bonds is 5. The highest BCUT2D eigenvalue weighted by Crippen LogP contribution is 2.37. The molecule has 35 heavy (non-hydrogen) atoms. The number of nitrogens with zero attached hydrogens (tertiary/aromatic N) is 3. The minimum absolute atomic E-state index is 0.00909. The molecule has 3 heterocycles. The summed E-state index contributed by atoms with van der Waals surface area (Å²) in [4.78, 5) is 19.8. The van der Waals surface area contributed by atoms with Crippen molar-refractivity contribution in [3.05, 3.63) is 89.5 Å². The molecule has 0 spiro atoms. The maximum atomic E-state index is 13.5. The van der Waals surface area contributed by atoms with Gasteiger partial charge in [-0.15, -0.1) is 0 Å². The molecular formula is C26H22F4N4O. The minimum atomic E-state index is -4.76. The van der Waals surface area contributed by atoms with E-state index in [-0.39, 0.29) is 22.5 Å². The number of hydrogen-bond donors (Lipinski definition) is 1. The summed E-state index contributed by atoms with van der Waals surface area (Å²) in [5.74, 6) is -1.42. The number of halogens is 4. The van der Waals surface area contributed by atoms with Gasteiger partial charge in [0.25, 0.3) is 5.91 Å². The van der Waals surface area contributed by atoms with Gasteiger partial charge >= 0.3 is 6.18 Å². The van der Waals surface area contributed by atoms with E-state index < -0.39 is 23.5 Å². The zero-order valence-electron chi connectivity index (χ0n) is 18.6. The van der Waals surface area contributed by atoms with E-state index in [0.717, 1.165) is 37.3 Å². The van der Waals surface area contributed by atoms with E-state index in [1.165, 1.54) is 23.4 Å². The number of benzene rings is 2. The van der Waals surface area contributed by atoms with Crippen molar-refractivity contribution in [2.24, 2.45) is 0 Å². The Hall–Kier alpha value is -3.72. The van der Waals surface area contributed by atoms with E-state index in [1.54, 1.807) is 24.4 Å². The predicted molar refractivity (Wildman–Crippen MR) is 124 cm³/mol. The van der Waals surface area contributed by atoms with Gasteiger partial charge in [-0.3, -0.25) is 9.69 Å². The molecule has 0 bridgehead atoms. The van der Waals surface area contributed by atoms with Crippen LogP contribution in [0.1, 0.15) is 34.3 Å². The molecule has 1 saturated heterocycles. The van der Waals surface area contributed by atoms with E-state index in [2.05, 4.69) is 15.2 Å². The van der Waals surface area contributed by atoms with Gasteiger partial charge in [0, 0.05) is 30.2 Å². The Balaban J connectivity index is 1.44. The first kappa shape index (κ1) is 23.0. The number of imidazole rings is 1. The first-order valence-electron chi connectivity index (χ1n) is 11.3. The fraction of sp³-hybridized carbons (Fsp3) is 0.231. The van der Waals surface area contributed by atoms with Gasteiger partial charge in [-0.2, -0.15) is 13.2 Å². The van der Waals surface area contributed by atoms with E-state index in [4.69, 9.17) is 0 Å². The topological polar surface area (TPSA) is 49.6 Å². The number of anilines is 1. The molecule has 9 heteroatoms. The van der Waals surface area contributed by atoms with Crippen LogP contribution in [0.3, 0.4) is 0 Å². The van der Waals surface area contributed by atoms with Crippen LogP contribution in [0, 0.1) is 5.82 Å². The van der Waals surface area contributed by atoms with Gasteiger partial charge in [0.1, 0.15) is 11.5 Å². The zero-order valence-corrected chi connectivity index (χ0v) is 18.6. The molecule has 0 radical (unpaired) electrons. The summed E-state index contributed by atoms with van der Waals surface area (Å²) in [5, 5.41) is 2.87. The van der Waals surface area contributed by atoms with Crippen LogP contribution in [0.2, 0.25) is 0 Å². The molecule has 0 unspecified atom stereocenters. The highest BCUT2D eigenvalue weighted by atomic mass is 19.4. The summed E-state index contributed by atoms with van der Waals surface area (Å²) < 4.78 is 55.6. The minimum Gasteiger partial charge on any atom is -0.322 e. The summed E-state index contributed by atoms with van der Waals surface area (Å²) in [6.45, 7) is 2.93. The quantitative estimate of drug-likeness (QED) is 0.355. The van der Waals surface area contributed by atoms with Gasteiger partial charge < -0.3 is 9.72 Å². The summed E-state index contributed by atoms with van der Waals surface area (Å²) in [5.41, 5.74) is 0.723. The molecule has 0 aliphatic carbocycles. The third-order valence-corrected chi connectivity index (χ3v) is 6.08. The van der Waals surface area contributed by atoms with Gasteiger partial charge in [-0.25, -0.2) is 9.37 Å². The summed E-state index contributed by atoms with van der Waals surface area (Å²) >= 11 is 0. The van der Waals surface area contributed by atoms with Crippen LogP contribution in [0.5, 0.6) is 0 Å². The number of carbonyl (C=O) groups excluding carboxylic acids is 1. The zero-order chi connectivity index (χ0) is 24.6. The Kier molecular flexibility index (Phi) is 6.02. The van der Waals surface area contributed by atoms with Crippen molar-refractivity contribution in [1.82, 2.24) is 14.3 Å². The Morgan fingerprint density at radius 2 is 1.83 bits per heavy atom. The second-order valence-corrected chi connectivity index (χ2v) is 8.60. The van der Waals surface area contributed by atoms with Crippen LogP contribution < -0.4 is 5.32 Å². The lowest BCUT2D eigenvalue weighted by molar-refractivity contribution is -0.137. The first-order chi connectivity index (χ1) is 16.8. The summed E-state index contributed by atoms with van der Waals surface area (Å²) in [6.07, 6.45) is 0.610. The largest absolute Gasteiger partial charge is 0.417 e. The molecule has 4 aromatic rings. The highest BCUT2D eigenvalue weighted by Gasteiger charge is 2.35. The molecule has 5 nitrogen and oxygen atoms in total.